The Morgan fingerprint density at radius 3 is 2.18 bits per heavy atom. The number of allylic oxidation sites excluding steroid dienone is 6. The van der Waals surface area contributed by atoms with E-state index < -0.39 is 79.2 Å². The Bertz CT molecular complexity index is 2070. The second-order valence-corrected chi connectivity index (χ2v) is 25.1. The van der Waals surface area contributed by atoms with Gasteiger partial charge in [0.2, 0.25) is 5.79 Å². The van der Waals surface area contributed by atoms with Gasteiger partial charge in [0.15, 0.2) is 13.2 Å². The first-order valence-corrected chi connectivity index (χ1v) is 30.2. The quantitative estimate of drug-likeness (QED) is 0.0536. The summed E-state index contributed by atoms with van der Waals surface area (Å²) >= 11 is 0. The van der Waals surface area contributed by atoms with Crippen LogP contribution in [0.15, 0.2) is 47.6 Å². The van der Waals surface area contributed by atoms with Crippen molar-refractivity contribution in [3.8, 4) is 0 Å². The molecular weight excluding hydrogens is 998 g/mol. The highest BCUT2D eigenvalue weighted by atomic mass is 31.2. The number of Topliss-reactive ketones (excluding diaryl/α,β-unsaturated/α-hetero) is 3. The predicted molar refractivity (Wildman–Crippen MR) is 290 cm³/mol. The predicted octanol–water partition coefficient (Wildman–Crippen LogP) is 8.43. The standard InChI is InChI=1S/C58H94NO16P/c1-37-19-15-14-16-20-38(2)49(72-30-29-71-28-27-67-8)35-45-24-22-43(7)58(65,74-45)55(62)56(63)59-26-18-17-21-46(59)57(64)73-50(40(4)33-44-23-25-48(51(34-44)68-9)75-76(12,13)66)36-47(60)39(3)32-42(6)53(69-10)54(70-11)52(61)41(5)31-37/h14-16,19-20,32,37,39-41,43-46,48-51,53-54,65H,17-18,21-31,33-36H2,1-13H3/b16-14?,19-15+,38-20?,42-32+/t37-,39-,40-,41-,43-,44+,45+,46+,48-,49-,50+,51-,53-,54+,58-/m1/s1. The van der Waals surface area contributed by atoms with Crippen LogP contribution in [0.5, 0.6) is 0 Å². The van der Waals surface area contributed by atoms with Gasteiger partial charge in [-0.25, -0.2) is 4.79 Å². The monoisotopic (exact) mass is 1090 g/mol. The smallest absolute Gasteiger partial charge is 0.329 e. The van der Waals surface area contributed by atoms with Crippen molar-refractivity contribution in [2.75, 3.05) is 74.7 Å². The van der Waals surface area contributed by atoms with Gasteiger partial charge in [0.25, 0.3) is 11.7 Å². The molecule has 76 heavy (non-hydrogen) atoms. The summed E-state index contributed by atoms with van der Waals surface area (Å²) in [4.78, 5) is 73.4. The van der Waals surface area contributed by atoms with Gasteiger partial charge < -0.3 is 52.4 Å². The van der Waals surface area contributed by atoms with Gasteiger partial charge in [-0.05, 0) is 107 Å². The van der Waals surface area contributed by atoms with Gasteiger partial charge in [-0.3, -0.25) is 23.7 Å². The van der Waals surface area contributed by atoms with Gasteiger partial charge in [-0.2, -0.15) is 0 Å². The zero-order chi connectivity index (χ0) is 56.3. The maximum Gasteiger partial charge on any atom is 0.329 e. The molecule has 1 N–H and O–H groups in total. The van der Waals surface area contributed by atoms with E-state index in [9.17, 15) is 33.6 Å². The fourth-order valence-corrected chi connectivity index (χ4v) is 12.1. The third kappa shape index (κ3) is 19.3. The van der Waals surface area contributed by atoms with Crippen LogP contribution >= 0.6 is 7.37 Å². The van der Waals surface area contributed by atoms with E-state index in [4.69, 9.17) is 42.4 Å². The summed E-state index contributed by atoms with van der Waals surface area (Å²) in [7, 11) is 3.39. The first kappa shape index (κ1) is 65.3. The molecule has 18 heteroatoms. The fraction of sp³-hybridized carbons (Fsp3) is 0.776. The van der Waals surface area contributed by atoms with Gasteiger partial charge in [-0.1, -0.05) is 71.1 Å². The molecule has 17 nitrogen and oxygen atoms in total. The summed E-state index contributed by atoms with van der Waals surface area (Å²) in [5, 5.41) is 12.2. The largest absolute Gasteiger partial charge is 0.460 e. The minimum Gasteiger partial charge on any atom is -0.460 e. The van der Waals surface area contributed by atoms with E-state index in [2.05, 4.69) is 0 Å². The molecule has 2 bridgehead atoms. The van der Waals surface area contributed by atoms with Crippen molar-refractivity contribution < 1.29 is 76.1 Å². The van der Waals surface area contributed by atoms with E-state index in [1.165, 1.54) is 19.1 Å². The average molecular weight is 1090 g/mol. The maximum atomic E-state index is 14.7. The number of piperidine rings is 1. The van der Waals surface area contributed by atoms with E-state index in [1.54, 1.807) is 54.4 Å². The van der Waals surface area contributed by atoms with Crippen molar-refractivity contribution in [3.63, 3.8) is 0 Å². The number of amides is 1. The van der Waals surface area contributed by atoms with Crippen LogP contribution in [0.3, 0.4) is 0 Å². The summed E-state index contributed by atoms with van der Waals surface area (Å²) in [6.45, 7) is 17.7. The van der Waals surface area contributed by atoms with Gasteiger partial charge in [0, 0.05) is 78.9 Å². The summed E-state index contributed by atoms with van der Waals surface area (Å²) in [5.74, 6) is -7.82. The van der Waals surface area contributed by atoms with Crippen LogP contribution in [0, 0.1) is 35.5 Å². The van der Waals surface area contributed by atoms with Crippen LogP contribution in [-0.2, 0) is 71.0 Å². The molecule has 2 saturated heterocycles. The van der Waals surface area contributed by atoms with E-state index in [0.717, 1.165) is 12.0 Å². The average Bonchev–Trinajstić information content (AvgIpc) is 3.37. The summed E-state index contributed by atoms with van der Waals surface area (Å²) in [5.41, 5.74) is 1.48. The summed E-state index contributed by atoms with van der Waals surface area (Å²) in [6, 6.07) is -1.16. The van der Waals surface area contributed by atoms with Crippen molar-refractivity contribution in [1.82, 2.24) is 4.90 Å². The van der Waals surface area contributed by atoms with Gasteiger partial charge in [0.05, 0.1) is 50.8 Å². The SMILES string of the molecule is COCCOCCO[C@@H]1C[C@@H]2CC[C@@H](C)[C@@](O)(O2)C(=O)C(=O)N2CCCC[C@H]2C(=O)O[C@H]([C@H](C)C[C@@H]2CC[C@@H](OP(C)(C)=O)[C@H](OC)C2)CC(=O)[C@H](C)/C=C(\C)[C@@H](OC)[C@@H](OC)C(=O)[C@H](C)C[C@H](C)/C=C/C=CC=C1C. The van der Waals surface area contributed by atoms with Gasteiger partial charge >= 0.3 is 5.97 Å². The van der Waals surface area contributed by atoms with Crippen LogP contribution in [0.25, 0.3) is 0 Å². The number of cyclic esters (lactones) is 1. The zero-order valence-corrected chi connectivity index (χ0v) is 48.9. The molecule has 0 radical (unpaired) electrons. The number of methoxy groups -OCH3 is 4. The van der Waals surface area contributed by atoms with Crippen molar-refractivity contribution in [2.45, 2.75) is 180 Å². The Kier molecular flexibility index (Phi) is 27.1. The number of fused-ring (bicyclic) bond motifs is 3. The molecule has 3 heterocycles. The second kappa shape index (κ2) is 31.5. The molecule has 0 unspecified atom stereocenters. The highest BCUT2D eigenvalue weighted by Crippen LogP contribution is 2.45. The summed E-state index contributed by atoms with van der Waals surface area (Å²) < 4.78 is 66.0. The number of ketones is 3. The number of hydrogen-bond acceptors (Lipinski definition) is 16. The third-order valence-corrected chi connectivity index (χ3v) is 16.5. The lowest BCUT2D eigenvalue weighted by Crippen LogP contribution is -2.61. The topological polar surface area (TPSA) is 209 Å². The van der Waals surface area contributed by atoms with E-state index in [-0.39, 0.29) is 79.9 Å². The number of carbonyl (C=O) groups is 5. The molecule has 432 valence electrons. The maximum absolute atomic E-state index is 14.7. The first-order chi connectivity index (χ1) is 36.0. The Labute approximate surface area is 454 Å². The molecule has 0 spiro atoms. The lowest BCUT2D eigenvalue weighted by Gasteiger charge is -2.43. The minimum absolute atomic E-state index is 0.0268. The molecule has 1 saturated carbocycles. The number of aliphatic hydroxyl groups is 1. The molecule has 4 aliphatic rings. The van der Waals surface area contributed by atoms with Gasteiger partial charge in [-0.15, -0.1) is 0 Å². The zero-order valence-electron chi connectivity index (χ0n) is 48.0. The third-order valence-electron chi connectivity index (χ3n) is 15.8. The van der Waals surface area contributed by atoms with Crippen molar-refractivity contribution in [1.29, 1.82) is 0 Å². The number of nitrogens with zero attached hydrogens (tertiary/aromatic N) is 1. The van der Waals surface area contributed by atoms with Crippen LogP contribution < -0.4 is 0 Å². The molecule has 0 aromatic heterocycles. The molecule has 4 rings (SSSR count). The second-order valence-electron chi connectivity index (χ2n) is 22.4. The lowest BCUT2D eigenvalue weighted by atomic mass is 9.78. The van der Waals surface area contributed by atoms with Crippen molar-refractivity contribution in [3.05, 3.63) is 47.6 Å². The van der Waals surface area contributed by atoms with E-state index in [0.29, 0.717) is 76.8 Å². The van der Waals surface area contributed by atoms with E-state index >= 15 is 0 Å². The number of carbonyl (C=O) groups excluding carboxylic acids is 5. The molecule has 0 aromatic carbocycles. The van der Waals surface area contributed by atoms with E-state index in [1.807, 2.05) is 58.1 Å². The highest BCUT2D eigenvalue weighted by molar-refractivity contribution is 7.57. The molecule has 0 aromatic rings. The molecule has 1 aliphatic carbocycles. The van der Waals surface area contributed by atoms with Crippen LogP contribution in [0.2, 0.25) is 0 Å². The molecule has 15 atom stereocenters. The minimum atomic E-state index is -2.80. The van der Waals surface area contributed by atoms with Crippen molar-refractivity contribution >= 4 is 36.6 Å². The molecular formula is C58H94NO16P. The Morgan fingerprint density at radius 2 is 1.51 bits per heavy atom. The molecule has 1 amide bonds. The normalized spacial score (nSPS) is 35.4. The molecule has 3 aliphatic heterocycles. The Hall–Kier alpha value is -3.22. The van der Waals surface area contributed by atoms with Crippen LogP contribution in [0.1, 0.15) is 126 Å². The number of ether oxygens (including phenoxy) is 8. The number of esters is 1. The summed E-state index contributed by atoms with van der Waals surface area (Å²) in [6.07, 6.45) is 12.3. The van der Waals surface area contributed by atoms with Crippen LogP contribution in [0.4, 0.5) is 0 Å². The molecule has 3 fully saturated rings. The number of hydrogen-bond donors (Lipinski definition) is 1. The van der Waals surface area contributed by atoms with Crippen LogP contribution in [-0.4, -0.2) is 169 Å². The number of rotatable bonds is 15. The first-order valence-electron chi connectivity index (χ1n) is 27.7. The van der Waals surface area contributed by atoms with Gasteiger partial charge in [0.1, 0.15) is 30.1 Å². The van der Waals surface area contributed by atoms with Crippen molar-refractivity contribution in [2.24, 2.45) is 35.5 Å². The Morgan fingerprint density at radius 1 is 0.803 bits per heavy atom. The highest BCUT2D eigenvalue weighted by Gasteiger charge is 2.53. The Balaban J connectivity index is 1.73. The lowest BCUT2D eigenvalue weighted by molar-refractivity contribution is -0.266. The fourth-order valence-electron chi connectivity index (χ4n) is 11.3.